The van der Waals surface area contributed by atoms with Crippen molar-refractivity contribution in [1.82, 2.24) is 19.5 Å². The number of ether oxygens (including phenoxy) is 1. The fraction of sp³-hybridized carbons (Fsp3) is 0.316. The lowest BCUT2D eigenvalue weighted by Crippen LogP contribution is -2.39. The van der Waals surface area contributed by atoms with Gasteiger partial charge in [-0.2, -0.15) is 9.47 Å². The summed E-state index contributed by atoms with van der Waals surface area (Å²) in [5, 5.41) is 12.2. The van der Waals surface area contributed by atoms with E-state index in [0.717, 1.165) is 16.6 Å². The molecule has 3 amide bonds. The highest BCUT2D eigenvalue weighted by Gasteiger charge is 2.31. The molecule has 2 N–H and O–H groups in total. The summed E-state index contributed by atoms with van der Waals surface area (Å²) in [7, 11) is 1.78. The van der Waals surface area contributed by atoms with Crippen molar-refractivity contribution in [2.45, 2.75) is 25.7 Å². The van der Waals surface area contributed by atoms with Gasteiger partial charge in [0.2, 0.25) is 11.8 Å². The number of anilines is 1. The second-order valence-electron chi connectivity index (χ2n) is 6.84. The van der Waals surface area contributed by atoms with Gasteiger partial charge in [0.15, 0.2) is 6.61 Å². The Labute approximate surface area is 170 Å². The number of carbonyl (C=O) groups is 3. The van der Waals surface area contributed by atoms with Crippen LogP contribution in [0.1, 0.15) is 30.1 Å². The predicted molar refractivity (Wildman–Crippen MR) is 107 cm³/mol. The molecule has 10 heteroatoms. The Balaban J connectivity index is 1.49. The maximum absolute atomic E-state index is 12.2. The van der Waals surface area contributed by atoms with Crippen molar-refractivity contribution in [3.63, 3.8) is 0 Å². The zero-order chi connectivity index (χ0) is 20.5. The quantitative estimate of drug-likeness (QED) is 0.617. The number of benzene rings is 1. The van der Waals surface area contributed by atoms with Crippen LogP contribution in [0.25, 0.3) is 10.9 Å². The minimum absolute atomic E-state index is 0.140. The number of imide groups is 1. The van der Waals surface area contributed by atoms with Crippen LogP contribution in [0, 0.1) is 6.92 Å². The van der Waals surface area contributed by atoms with Crippen LogP contribution >= 0.6 is 11.5 Å². The van der Waals surface area contributed by atoms with E-state index in [1.54, 1.807) is 29.2 Å². The number of fused-ring (bicyclic) bond motifs is 1. The number of rotatable bonds is 5. The predicted octanol–water partition coefficient (Wildman–Crippen LogP) is 1.88. The first kappa shape index (κ1) is 19.1. The second kappa shape index (κ2) is 7.63. The van der Waals surface area contributed by atoms with Gasteiger partial charge in [-0.25, -0.2) is 0 Å². The molecule has 29 heavy (non-hydrogen) atoms. The number of hydrogen-bond donors (Lipinski definition) is 2. The molecule has 1 aliphatic rings. The highest BCUT2D eigenvalue weighted by Crippen LogP contribution is 2.31. The molecule has 0 spiro atoms. The Morgan fingerprint density at radius 2 is 2.24 bits per heavy atom. The number of piperidine rings is 1. The Kier molecular flexibility index (Phi) is 5.01. The number of nitrogens with zero attached hydrogens (tertiary/aromatic N) is 3. The van der Waals surface area contributed by atoms with Crippen LogP contribution in [0.4, 0.5) is 5.69 Å². The zero-order valence-corrected chi connectivity index (χ0v) is 16.7. The second-order valence-corrected chi connectivity index (χ2v) is 7.47. The summed E-state index contributed by atoms with van der Waals surface area (Å²) in [6.07, 6.45) is 0.732. The number of aryl methyl sites for hydroxylation is 2. The normalized spacial score (nSPS) is 16.7. The monoisotopic (exact) mass is 413 g/mol. The molecule has 1 atom stereocenters. The summed E-state index contributed by atoms with van der Waals surface area (Å²) in [4.78, 5) is 35.7. The minimum Gasteiger partial charge on any atom is -0.484 e. The largest absolute Gasteiger partial charge is 0.484 e. The maximum atomic E-state index is 12.2. The van der Waals surface area contributed by atoms with Crippen LogP contribution in [-0.2, 0) is 21.4 Å². The fourth-order valence-corrected chi connectivity index (χ4v) is 3.96. The van der Waals surface area contributed by atoms with Gasteiger partial charge in [-0.3, -0.25) is 24.4 Å². The lowest BCUT2D eigenvalue weighted by molar-refractivity contribution is -0.134. The van der Waals surface area contributed by atoms with Crippen LogP contribution < -0.4 is 15.4 Å². The summed E-state index contributed by atoms with van der Waals surface area (Å²) in [6.45, 7) is 1.68. The molecule has 2 aromatic heterocycles. The molecule has 0 bridgehead atoms. The van der Waals surface area contributed by atoms with Crippen molar-refractivity contribution >= 4 is 45.8 Å². The lowest BCUT2D eigenvalue weighted by Gasteiger charge is -2.19. The number of hydrogen-bond acceptors (Lipinski definition) is 7. The molecule has 1 aromatic carbocycles. The third-order valence-corrected chi connectivity index (χ3v) is 5.54. The van der Waals surface area contributed by atoms with E-state index >= 15 is 0 Å². The highest BCUT2D eigenvalue weighted by molar-refractivity contribution is 7.04. The number of carbonyl (C=O) groups excluding carboxylic acids is 3. The molecule has 1 fully saturated rings. The van der Waals surface area contributed by atoms with Crippen LogP contribution in [0.15, 0.2) is 23.6 Å². The number of nitrogens with one attached hydrogen (secondary N) is 2. The summed E-state index contributed by atoms with van der Waals surface area (Å²) < 4.78 is 11.4. The molecule has 9 nitrogen and oxygen atoms in total. The van der Waals surface area contributed by atoms with Gasteiger partial charge in [0.1, 0.15) is 5.75 Å². The first-order chi connectivity index (χ1) is 13.9. The lowest BCUT2D eigenvalue weighted by atomic mass is 9.93. The van der Waals surface area contributed by atoms with Crippen molar-refractivity contribution in [1.29, 1.82) is 0 Å². The van der Waals surface area contributed by atoms with E-state index in [0.29, 0.717) is 30.0 Å². The Bertz CT molecular complexity index is 1120. The molecule has 3 heterocycles. The van der Waals surface area contributed by atoms with E-state index in [-0.39, 0.29) is 24.3 Å². The van der Waals surface area contributed by atoms with Gasteiger partial charge in [0, 0.05) is 30.3 Å². The van der Waals surface area contributed by atoms with E-state index in [4.69, 9.17) is 4.74 Å². The van der Waals surface area contributed by atoms with E-state index in [1.165, 1.54) is 11.5 Å². The van der Waals surface area contributed by atoms with Crippen molar-refractivity contribution in [2.24, 2.45) is 7.05 Å². The van der Waals surface area contributed by atoms with Crippen LogP contribution in [0.5, 0.6) is 5.75 Å². The Morgan fingerprint density at radius 3 is 2.97 bits per heavy atom. The van der Waals surface area contributed by atoms with E-state index < -0.39 is 5.92 Å². The molecule has 1 unspecified atom stereocenters. The van der Waals surface area contributed by atoms with E-state index in [9.17, 15) is 14.4 Å². The first-order valence-electron chi connectivity index (χ1n) is 9.06. The average Bonchev–Trinajstić information content (AvgIpc) is 3.23. The molecule has 1 aliphatic heterocycles. The fourth-order valence-electron chi connectivity index (χ4n) is 3.31. The van der Waals surface area contributed by atoms with Crippen LogP contribution in [-0.4, -0.2) is 38.5 Å². The third-order valence-electron chi connectivity index (χ3n) is 4.81. The molecule has 0 radical (unpaired) electrons. The van der Waals surface area contributed by atoms with Crippen molar-refractivity contribution in [3.05, 3.63) is 35.0 Å². The van der Waals surface area contributed by atoms with Crippen LogP contribution in [0.2, 0.25) is 0 Å². The van der Waals surface area contributed by atoms with Crippen molar-refractivity contribution in [3.8, 4) is 5.75 Å². The van der Waals surface area contributed by atoms with Gasteiger partial charge in [0.05, 0.1) is 28.5 Å². The number of aromatic nitrogens is 3. The molecular formula is C19H19N5O4S. The molecule has 0 aliphatic carbocycles. The first-order valence-corrected chi connectivity index (χ1v) is 9.90. The van der Waals surface area contributed by atoms with Gasteiger partial charge >= 0.3 is 0 Å². The van der Waals surface area contributed by atoms with Gasteiger partial charge in [-0.15, -0.1) is 0 Å². The van der Waals surface area contributed by atoms with Crippen molar-refractivity contribution < 1.29 is 19.1 Å². The third kappa shape index (κ3) is 3.83. The zero-order valence-electron chi connectivity index (χ0n) is 15.9. The summed E-state index contributed by atoms with van der Waals surface area (Å²) >= 11 is 1.28. The summed E-state index contributed by atoms with van der Waals surface area (Å²) in [5.74, 6) is -0.796. The molecule has 4 rings (SSSR count). The smallest absolute Gasteiger partial charge is 0.262 e. The standard InChI is InChI=1S/C19H19N5O4S/c1-10-14(9-29-23-10)20-17(26)8-28-11-3-4-12-15(7-11)24(2)22-18(12)13-5-6-16(25)21-19(13)27/h3-4,7,9,13H,5-6,8H2,1-2H3,(H,20,26)(H,21,25,27). The SMILES string of the molecule is Cc1nscc1NC(=O)COc1ccc2c(C3CCC(=O)NC3=O)nn(C)c2c1. The molecule has 3 aromatic rings. The van der Waals surface area contributed by atoms with Crippen LogP contribution in [0.3, 0.4) is 0 Å². The minimum atomic E-state index is -0.462. The topological polar surface area (TPSA) is 115 Å². The van der Waals surface area contributed by atoms with Crippen molar-refractivity contribution in [2.75, 3.05) is 11.9 Å². The molecule has 0 saturated carbocycles. The summed E-state index contributed by atoms with van der Waals surface area (Å²) in [6, 6.07) is 5.34. The Hall–Kier alpha value is -3.27. The average molecular weight is 413 g/mol. The molecule has 150 valence electrons. The molecule has 1 saturated heterocycles. The van der Waals surface area contributed by atoms with E-state index in [1.807, 2.05) is 13.0 Å². The highest BCUT2D eigenvalue weighted by atomic mass is 32.1. The molecular weight excluding hydrogens is 394 g/mol. The Morgan fingerprint density at radius 1 is 1.41 bits per heavy atom. The van der Waals surface area contributed by atoms with E-state index in [2.05, 4.69) is 20.1 Å². The maximum Gasteiger partial charge on any atom is 0.262 e. The van der Waals surface area contributed by atoms with Gasteiger partial charge in [0.25, 0.3) is 5.91 Å². The van der Waals surface area contributed by atoms with Gasteiger partial charge < -0.3 is 10.1 Å². The van der Waals surface area contributed by atoms with Gasteiger partial charge in [-0.1, -0.05) is 0 Å². The number of amides is 3. The summed E-state index contributed by atoms with van der Waals surface area (Å²) in [5.41, 5.74) is 2.86. The van der Waals surface area contributed by atoms with Gasteiger partial charge in [-0.05, 0) is 37.0 Å².